The highest BCUT2D eigenvalue weighted by Crippen LogP contribution is 2.30. The highest BCUT2D eigenvalue weighted by atomic mass is 19.3. The van der Waals surface area contributed by atoms with Crippen molar-refractivity contribution >= 4 is 22.6 Å². The van der Waals surface area contributed by atoms with Crippen LogP contribution in [0, 0.1) is 0 Å². The van der Waals surface area contributed by atoms with Crippen LogP contribution in [-0.4, -0.2) is 43.1 Å². The Morgan fingerprint density at radius 2 is 2.03 bits per heavy atom. The Kier molecular flexibility index (Phi) is 5.27. The number of hydrogen-bond acceptors (Lipinski definition) is 5. The van der Waals surface area contributed by atoms with Gasteiger partial charge in [-0.15, -0.1) is 0 Å². The van der Waals surface area contributed by atoms with Crippen LogP contribution in [0.5, 0.6) is 0 Å². The zero-order valence-corrected chi connectivity index (χ0v) is 17.2. The van der Waals surface area contributed by atoms with Gasteiger partial charge in [-0.25, -0.2) is 18.7 Å². The molecular weight excluding hydrogens is 402 g/mol. The van der Waals surface area contributed by atoms with Gasteiger partial charge in [0.1, 0.15) is 17.0 Å². The number of imidazole rings is 1. The number of ether oxygens (including phenoxy) is 1. The van der Waals surface area contributed by atoms with Crippen molar-refractivity contribution in [2.24, 2.45) is 0 Å². The van der Waals surface area contributed by atoms with Crippen molar-refractivity contribution in [1.82, 2.24) is 24.3 Å². The highest BCUT2D eigenvalue weighted by Gasteiger charge is 2.22. The number of aromatic amines is 1. The van der Waals surface area contributed by atoms with Gasteiger partial charge in [0.2, 0.25) is 5.95 Å². The smallest absolute Gasteiger partial charge is 0.280 e. The molecule has 5 rings (SSSR count). The first kappa shape index (κ1) is 19.9. The van der Waals surface area contributed by atoms with Gasteiger partial charge in [-0.1, -0.05) is 0 Å². The average Bonchev–Trinajstić information content (AvgIpc) is 3.38. The summed E-state index contributed by atoms with van der Waals surface area (Å²) in [6.07, 6.45) is 8.39. The van der Waals surface area contributed by atoms with Gasteiger partial charge in [-0.2, -0.15) is 4.98 Å². The molecule has 0 spiro atoms. The van der Waals surface area contributed by atoms with Gasteiger partial charge >= 0.3 is 0 Å². The van der Waals surface area contributed by atoms with Crippen LogP contribution in [0.4, 0.5) is 14.7 Å². The number of aromatic nitrogens is 5. The lowest BCUT2D eigenvalue weighted by molar-refractivity contribution is 0.0346. The number of pyridine rings is 1. The molecule has 4 aromatic rings. The first-order valence-corrected chi connectivity index (χ1v) is 10.6. The monoisotopic (exact) mass is 426 g/mol. The van der Waals surface area contributed by atoms with Gasteiger partial charge in [-0.05, 0) is 44.7 Å². The third kappa shape index (κ3) is 3.85. The summed E-state index contributed by atoms with van der Waals surface area (Å²) < 4.78 is 33.6. The van der Waals surface area contributed by atoms with Crippen molar-refractivity contribution in [3.63, 3.8) is 0 Å². The minimum absolute atomic E-state index is 0.126. The lowest BCUT2D eigenvalue weighted by Gasteiger charge is -2.28. The SMILES string of the molecule is CCOC1CCC(Nc2ncc3c(-c4ccc5ncc(C(F)F)n5c4)c[nH]c3n2)CC1. The number of H-pyrrole nitrogens is 1. The van der Waals surface area contributed by atoms with Crippen LogP contribution in [0.1, 0.15) is 44.7 Å². The quantitative estimate of drug-likeness (QED) is 0.455. The van der Waals surface area contributed by atoms with E-state index in [1.54, 1.807) is 18.5 Å². The van der Waals surface area contributed by atoms with Crippen molar-refractivity contribution in [2.45, 2.75) is 51.2 Å². The molecule has 31 heavy (non-hydrogen) atoms. The Labute approximate surface area is 177 Å². The van der Waals surface area contributed by atoms with Crippen LogP contribution in [0.2, 0.25) is 0 Å². The van der Waals surface area contributed by atoms with Crippen LogP contribution in [-0.2, 0) is 4.74 Å². The summed E-state index contributed by atoms with van der Waals surface area (Å²) in [4.78, 5) is 16.3. The minimum Gasteiger partial charge on any atom is -0.379 e. The molecule has 2 N–H and O–H groups in total. The first-order valence-electron chi connectivity index (χ1n) is 10.6. The Balaban J connectivity index is 1.37. The van der Waals surface area contributed by atoms with Gasteiger partial charge in [0.25, 0.3) is 6.43 Å². The first-order chi connectivity index (χ1) is 15.1. The van der Waals surface area contributed by atoms with Gasteiger partial charge in [0.05, 0.1) is 12.3 Å². The third-order valence-corrected chi connectivity index (χ3v) is 5.91. The van der Waals surface area contributed by atoms with Crippen LogP contribution >= 0.6 is 0 Å². The standard InChI is InChI=1S/C22H24F2N6O/c1-2-31-15-6-4-14(5-7-15)28-22-27-10-17-16(9-26-21(17)29-22)13-3-8-19-25-11-18(20(23)24)30(19)12-13/h3,8-12,14-15,20H,2,4-7H2,1H3,(H2,26,27,28,29). The van der Waals surface area contributed by atoms with Crippen molar-refractivity contribution in [1.29, 1.82) is 0 Å². The van der Waals surface area contributed by atoms with Crippen molar-refractivity contribution in [2.75, 3.05) is 11.9 Å². The van der Waals surface area contributed by atoms with Gasteiger partial charge in [0, 0.05) is 47.8 Å². The van der Waals surface area contributed by atoms with Crippen molar-refractivity contribution in [3.8, 4) is 11.1 Å². The van der Waals surface area contributed by atoms with Crippen molar-refractivity contribution in [3.05, 3.63) is 42.6 Å². The van der Waals surface area contributed by atoms with E-state index in [9.17, 15) is 8.78 Å². The molecule has 4 aromatic heterocycles. The third-order valence-electron chi connectivity index (χ3n) is 5.91. The average molecular weight is 426 g/mol. The van der Waals surface area contributed by atoms with E-state index in [1.165, 1.54) is 10.6 Å². The molecule has 0 aromatic carbocycles. The Morgan fingerprint density at radius 1 is 1.19 bits per heavy atom. The van der Waals surface area contributed by atoms with Gasteiger partial charge < -0.3 is 15.0 Å². The maximum absolute atomic E-state index is 13.3. The summed E-state index contributed by atoms with van der Waals surface area (Å²) >= 11 is 0. The van der Waals surface area contributed by atoms with E-state index in [1.807, 2.05) is 19.2 Å². The summed E-state index contributed by atoms with van der Waals surface area (Å²) in [6, 6.07) is 3.93. The Bertz CT molecular complexity index is 1200. The predicted molar refractivity (Wildman–Crippen MR) is 114 cm³/mol. The Hall–Kier alpha value is -3.07. The van der Waals surface area contributed by atoms with E-state index >= 15 is 0 Å². The fourth-order valence-corrected chi connectivity index (χ4v) is 4.33. The summed E-state index contributed by atoms with van der Waals surface area (Å²) in [5.41, 5.74) is 2.71. The predicted octanol–water partition coefficient (Wildman–Crippen LogP) is 4.97. The second kappa shape index (κ2) is 8.22. The Morgan fingerprint density at radius 3 is 2.81 bits per heavy atom. The number of fused-ring (bicyclic) bond motifs is 2. The topological polar surface area (TPSA) is 80.1 Å². The van der Waals surface area contributed by atoms with Crippen molar-refractivity contribution < 1.29 is 13.5 Å². The summed E-state index contributed by atoms with van der Waals surface area (Å²) in [7, 11) is 0. The number of alkyl halides is 2. The number of anilines is 1. The number of hydrogen-bond donors (Lipinski definition) is 2. The number of halogens is 2. The molecule has 0 saturated heterocycles. The lowest BCUT2D eigenvalue weighted by Crippen LogP contribution is -2.30. The molecule has 1 aliphatic carbocycles. The second-order valence-electron chi connectivity index (χ2n) is 7.86. The lowest BCUT2D eigenvalue weighted by atomic mass is 9.93. The number of nitrogens with zero attached hydrogens (tertiary/aromatic N) is 4. The fraction of sp³-hybridized carbons (Fsp3) is 0.409. The fourth-order valence-electron chi connectivity index (χ4n) is 4.33. The molecular formula is C22H24F2N6O. The molecule has 162 valence electrons. The van der Waals surface area contributed by atoms with E-state index in [0.29, 0.717) is 29.4 Å². The molecule has 1 aliphatic rings. The zero-order valence-electron chi connectivity index (χ0n) is 17.2. The number of nitrogens with one attached hydrogen (secondary N) is 2. The molecule has 4 heterocycles. The van der Waals surface area contributed by atoms with E-state index in [4.69, 9.17) is 4.74 Å². The summed E-state index contributed by atoms with van der Waals surface area (Å²) in [5, 5.41) is 4.27. The van der Waals surface area contributed by atoms with Crippen LogP contribution < -0.4 is 5.32 Å². The van der Waals surface area contributed by atoms with E-state index in [2.05, 4.69) is 25.3 Å². The van der Waals surface area contributed by atoms with Gasteiger partial charge in [-0.3, -0.25) is 4.40 Å². The maximum atomic E-state index is 13.3. The molecule has 0 aliphatic heterocycles. The minimum atomic E-state index is -2.59. The largest absolute Gasteiger partial charge is 0.379 e. The normalized spacial score (nSPS) is 19.5. The molecule has 0 radical (unpaired) electrons. The summed E-state index contributed by atoms with van der Waals surface area (Å²) in [6.45, 7) is 2.79. The molecule has 1 fully saturated rings. The van der Waals surface area contributed by atoms with E-state index in [-0.39, 0.29) is 5.69 Å². The van der Waals surface area contributed by atoms with E-state index < -0.39 is 6.43 Å². The van der Waals surface area contributed by atoms with Gasteiger partial charge in [0.15, 0.2) is 0 Å². The van der Waals surface area contributed by atoms with Crippen LogP contribution in [0.15, 0.2) is 36.9 Å². The molecule has 0 bridgehead atoms. The molecule has 0 amide bonds. The number of rotatable bonds is 6. The maximum Gasteiger partial charge on any atom is 0.280 e. The molecule has 0 unspecified atom stereocenters. The van der Waals surface area contributed by atoms with E-state index in [0.717, 1.165) is 48.8 Å². The highest BCUT2D eigenvalue weighted by molar-refractivity contribution is 5.93. The molecule has 1 saturated carbocycles. The molecule has 9 heteroatoms. The molecule has 0 atom stereocenters. The zero-order chi connectivity index (χ0) is 21.4. The van der Waals surface area contributed by atoms with Crippen LogP contribution in [0.3, 0.4) is 0 Å². The molecule has 7 nitrogen and oxygen atoms in total. The second-order valence-corrected chi connectivity index (χ2v) is 7.86. The summed E-state index contributed by atoms with van der Waals surface area (Å²) in [5.74, 6) is 0.589. The van der Waals surface area contributed by atoms with Crippen LogP contribution in [0.25, 0.3) is 27.8 Å².